The van der Waals surface area contributed by atoms with Crippen molar-refractivity contribution in [1.29, 1.82) is 0 Å². The van der Waals surface area contributed by atoms with Crippen LogP contribution >= 0.6 is 11.8 Å². The molecule has 160 valence electrons. The van der Waals surface area contributed by atoms with E-state index in [-0.39, 0.29) is 5.91 Å². The summed E-state index contributed by atoms with van der Waals surface area (Å²) in [6, 6.07) is 14.0. The summed E-state index contributed by atoms with van der Waals surface area (Å²) in [5, 5.41) is 4.44. The maximum absolute atomic E-state index is 13.0. The lowest BCUT2D eigenvalue weighted by atomic mass is 10.1. The molecule has 0 saturated heterocycles. The summed E-state index contributed by atoms with van der Waals surface area (Å²) in [5.74, 6) is 0.330. The molecule has 1 amide bonds. The van der Waals surface area contributed by atoms with Crippen molar-refractivity contribution in [1.82, 2.24) is 19.9 Å². The largest absolute Gasteiger partial charge is 0.361 e. The third-order valence-corrected chi connectivity index (χ3v) is 6.06. The summed E-state index contributed by atoms with van der Waals surface area (Å²) in [6.07, 6.45) is 4.91. The number of hydrogen-bond acceptors (Lipinski definition) is 4. The highest BCUT2D eigenvalue weighted by molar-refractivity contribution is 7.98. The van der Waals surface area contributed by atoms with E-state index in [9.17, 15) is 14.4 Å². The Bertz CT molecular complexity index is 1340. The lowest BCUT2D eigenvalue weighted by molar-refractivity contribution is -0.124. The summed E-state index contributed by atoms with van der Waals surface area (Å²) < 4.78 is 1.06. The lowest BCUT2D eigenvalue weighted by Gasteiger charge is -2.18. The van der Waals surface area contributed by atoms with E-state index in [1.54, 1.807) is 36.0 Å². The summed E-state index contributed by atoms with van der Waals surface area (Å²) >= 11 is 1.57. The van der Waals surface area contributed by atoms with Crippen LogP contribution in [-0.4, -0.2) is 39.0 Å². The summed E-state index contributed by atoms with van der Waals surface area (Å²) in [5.41, 5.74) is 1.61. The van der Waals surface area contributed by atoms with Crippen LogP contribution in [0.4, 0.5) is 0 Å². The van der Waals surface area contributed by atoms with Crippen LogP contribution in [0.2, 0.25) is 0 Å². The Balaban J connectivity index is 1.56. The Morgan fingerprint density at radius 1 is 1.06 bits per heavy atom. The molecular formula is C23H24N4O3S. The average Bonchev–Trinajstić information content (AvgIpc) is 3.19. The average molecular weight is 437 g/mol. The fourth-order valence-corrected chi connectivity index (χ4v) is 4.30. The molecule has 2 heterocycles. The molecule has 7 nitrogen and oxygen atoms in total. The van der Waals surface area contributed by atoms with E-state index in [0.717, 1.165) is 21.0 Å². The minimum Gasteiger partial charge on any atom is -0.361 e. The van der Waals surface area contributed by atoms with Gasteiger partial charge >= 0.3 is 5.69 Å². The molecule has 31 heavy (non-hydrogen) atoms. The van der Waals surface area contributed by atoms with E-state index in [2.05, 4.69) is 15.3 Å². The highest BCUT2D eigenvalue weighted by Gasteiger charge is 2.24. The van der Waals surface area contributed by atoms with Crippen LogP contribution in [0.5, 0.6) is 0 Å². The van der Waals surface area contributed by atoms with Gasteiger partial charge in [0.25, 0.3) is 5.56 Å². The predicted octanol–water partition coefficient (Wildman–Crippen LogP) is 2.82. The molecule has 0 spiro atoms. The van der Waals surface area contributed by atoms with Crippen molar-refractivity contribution in [3.63, 3.8) is 0 Å². The van der Waals surface area contributed by atoms with Crippen LogP contribution < -0.4 is 16.6 Å². The first-order valence-electron chi connectivity index (χ1n) is 10.2. The summed E-state index contributed by atoms with van der Waals surface area (Å²) in [6.45, 7) is 0.413. The van der Waals surface area contributed by atoms with Crippen molar-refractivity contribution in [2.75, 3.05) is 18.6 Å². The van der Waals surface area contributed by atoms with Gasteiger partial charge in [-0.3, -0.25) is 9.59 Å². The van der Waals surface area contributed by atoms with Crippen LogP contribution in [0.25, 0.3) is 21.8 Å². The Hall–Kier alpha value is -3.26. The predicted molar refractivity (Wildman–Crippen MR) is 126 cm³/mol. The number of H-pyrrole nitrogens is 2. The van der Waals surface area contributed by atoms with Crippen molar-refractivity contribution in [3.05, 3.63) is 81.1 Å². The zero-order valence-corrected chi connectivity index (χ0v) is 18.0. The van der Waals surface area contributed by atoms with Crippen LogP contribution in [0.1, 0.15) is 18.0 Å². The summed E-state index contributed by atoms with van der Waals surface area (Å²) in [4.78, 5) is 44.7. The summed E-state index contributed by atoms with van der Waals surface area (Å²) in [7, 11) is 0. The van der Waals surface area contributed by atoms with E-state index in [4.69, 9.17) is 0 Å². The quantitative estimate of drug-likeness (QED) is 0.395. The standard InChI is InChI=1S/C23H24N4O3S/c1-31-13-11-20(27-22(29)17-7-3-5-9-19(17)26-23(27)30)21(28)24-12-10-15-14-25-18-8-4-2-6-16(15)18/h2-9,14,20,25H,10-13H2,1H3,(H,24,28)(H,26,30). The molecule has 0 aliphatic heterocycles. The monoisotopic (exact) mass is 436 g/mol. The third kappa shape index (κ3) is 4.29. The molecule has 1 atom stereocenters. The zero-order chi connectivity index (χ0) is 21.8. The van der Waals surface area contributed by atoms with Gasteiger partial charge < -0.3 is 15.3 Å². The Morgan fingerprint density at radius 2 is 1.77 bits per heavy atom. The Kier molecular flexibility index (Phi) is 6.27. The number of aromatic amines is 2. The highest BCUT2D eigenvalue weighted by Crippen LogP contribution is 2.18. The molecule has 3 N–H and O–H groups in total. The molecule has 0 radical (unpaired) electrons. The fourth-order valence-electron chi connectivity index (χ4n) is 3.84. The highest BCUT2D eigenvalue weighted by atomic mass is 32.2. The number of carbonyl (C=O) groups excluding carboxylic acids is 1. The second kappa shape index (κ2) is 9.26. The van der Waals surface area contributed by atoms with Gasteiger partial charge in [-0.2, -0.15) is 11.8 Å². The van der Waals surface area contributed by atoms with Gasteiger partial charge in [-0.15, -0.1) is 0 Å². The molecular weight excluding hydrogens is 412 g/mol. The number of amides is 1. The first-order valence-corrected chi connectivity index (χ1v) is 11.5. The van der Waals surface area contributed by atoms with Crippen molar-refractivity contribution in [2.24, 2.45) is 0 Å². The molecule has 8 heteroatoms. The van der Waals surface area contributed by atoms with Gasteiger partial charge in [-0.05, 0) is 48.6 Å². The number of rotatable bonds is 8. The van der Waals surface area contributed by atoms with E-state index in [1.165, 1.54) is 0 Å². The van der Waals surface area contributed by atoms with Crippen molar-refractivity contribution in [3.8, 4) is 0 Å². The van der Waals surface area contributed by atoms with Gasteiger partial charge in [0.15, 0.2) is 0 Å². The third-order valence-electron chi connectivity index (χ3n) is 5.41. The van der Waals surface area contributed by atoms with Crippen LogP contribution in [0.15, 0.2) is 64.3 Å². The number of nitrogens with one attached hydrogen (secondary N) is 3. The Labute approximate surface area is 182 Å². The van der Waals surface area contributed by atoms with Crippen LogP contribution in [-0.2, 0) is 11.2 Å². The number of aromatic nitrogens is 3. The smallest absolute Gasteiger partial charge is 0.329 e. The Morgan fingerprint density at radius 3 is 2.55 bits per heavy atom. The van der Waals surface area contributed by atoms with Gasteiger partial charge in [-0.25, -0.2) is 9.36 Å². The number of carbonyl (C=O) groups is 1. The minimum atomic E-state index is -0.865. The number of hydrogen-bond donors (Lipinski definition) is 3. The maximum Gasteiger partial charge on any atom is 0.329 e. The van der Waals surface area contributed by atoms with Gasteiger partial charge in [0.1, 0.15) is 6.04 Å². The molecule has 4 rings (SSSR count). The fraction of sp³-hybridized carbons (Fsp3) is 0.261. The van der Waals surface area contributed by atoms with E-state index >= 15 is 0 Å². The normalized spacial score (nSPS) is 12.3. The molecule has 2 aromatic carbocycles. The van der Waals surface area contributed by atoms with Gasteiger partial charge in [-0.1, -0.05) is 30.3 Å². The van der Waals surface area contributed by atoms with Crippen LogP contribution in [0.3, 0.4) is 0 Å². The number of fused-ring (bicyclic) bond motifs is 2. The maximum atomic E-state index is 13.0. The number of thioether (sulfide) groups is 1. The van der Waals surface area contributed by atoms with E-state index in [1.807, 2.05) is 36.7 Å². The molecule has 0 aliphatic carbocycles. The van der Waals surface area contributed by atoms with Gasteiger partial charge in [0.2, 0.25) is 5.91 Å². The molecule has 0 saturated carbocycles. The minimum absolute atomic E-state index is 0.322. The SMILES string of the molecule is CSCCC(C(=O)NCCc1c[nH]c2ccccc12)n1c(=O)[nH]c2ccccc2c1=O. The topological polar surface area (TPSA) is 99.8 Å². The van der Waals surface area contributed by atoms with Crippen molar-refractivity contribution >= 4 is 39.5 Å². The van der Waals surface area contributed by atoms with E-state index < -0.39 is 17.3 Å². The van der Waals surface area contributed by atoms with Crippen LogP contribution in [0, 0.1) is 0 Å². The zero-order valence-electron chi connectivity index (χ0n) is 17.2. The number of nitrogens with zero attached hydrogens (tertiary/aromatic N) is 1. The van der Waals surface area contributed by atoms with Gasteiger partial charge in [0, 0.05) is 23.6 Å². The molecule has 1 unspecified atom stereocenters. The second-order valence-corrected chi connectivity index (χ2v) is 8.33. The second-order valence-electron chi connectivity index (χ2n) is 7.35. The van der Waals surface area contributed by atoms with Gasteiger partial charge in [0.05, 0.1) is 10.9 Å². The lowest BCUT2D eigenvalue weighted by Crippen LogP contribution is -2.45. The molecule has 2 aromatic heterocycles. The van der Waals surface area contributed by atoms with Crippen molar-refractivity contribution in [2.45, 2.75) is 18.9 Å². The van der Waals surface area contributed by atoms with E-state index in [0.29, 0.717) is 36.0 Å². The molecule has 0 fully saturated rings. The first-order chi connectivity index (χ1) is 15.1. The number of para-hydroxylation sites is 2. The first kappa shape index (κ1) is 21.0. The number of benzene rings is 2. The molecule has 0 bridgehead atoms. The van der Waals surface area contributed by atoms with Crippen molar-refractivity contribution < 1.29 is 4.79 Å². The molecule has 0 aliphatic rings. The molecule has 4 aromatic rings.